The number of benzene rings is 1. The molecule has 20 heavy (non-hydrogen) atoms. The van der Waals surface area contributed by atoms with E-state index in [1.54, 1.807) is 20.5 Å². The fourth-order valence-electron chi connectivity index (χ4n) is 2.51. The minimum atomic E-state index is 0.556. The number of methoxy groups -OCH3 is 2. The summed E-state index contributed by atoms with van der Waals surface area (Å²) in [7, 11) is 3.24. The SMILES string of the molecule is COc1cc2ncnc(N3CC(CN)C3)c2cc1OC. The van der Waals surface area contributed by atoms with Crippen molar-refractivity contribution in [1.82, 2.24) is 9.97 Å². The first-order chi connectivity index (χ1) is 9.76. The van der Waals surface area contributed by atoms with Crippen LogP contribution in [0.2, 0.25) is 0 Å². The zero-order valence-corrected chi connectivity index (χ0v) is 11.7. The molecule has 1 aliphatic heterocycles. The van der Waals surface area contributed by atoms with Crippen molar-refractivity contribution in [2.45, 2.75) is 0 Å². The smallest absolute Gasteiger partial charge is 0.162 e. The number of nitrogens with two attached hydrogens (primary N) is 1. The normalized spacial score (nSPS) is 15.2. The Morgan fingerprint density at radius 1 is 1.20 bits per heavy atom. The standard InChI is InChI=1S/C14H18N4O2/c1-19-12-3-10-11(4-13(12)20-2)16-8-17-14(10)18-6-9(5-15)7-18/h3-4,8-9H,5-7,15H2,1-2H3. The predicted octanol–water partition coefficient (Wildman–Crippen LogP) is 1.04. The fourth-order valence-corrected chi connectivity index (χ4v) is 2.51. The van der Waals surface area contributed by atoms with Crippen LogP contribution in [0.25, 0.3) is 10.9 Å². The Hall–Kier alpha value is -2.08. The second-order valence-corrected chi connectivity index (χ2v) is 4.93. The Kier molecular flexibility index (Phi) is 3.31. The molecule has 0 radical (unpaired) electrons. The van der Waals surface area contributed by atoms with Crippen LogP contribution in [0.4, 0.5) is 5.82 Å². The van der Waals surface area contributed by atoms with Gasteiger partial charge < -0.3 is 20.1 Å². The molecule has 1 saturated heterocycles. The summed E-state index contributed by atoms with van der Waals surface area (Å²) in [5.74, 6) is 2.85. The first kappa shape index (κ1) is 12.9. The van der Waals surface area contributed by atoms with Crippen LogP contribution in [-0.2, 0) is 0 Å². The van der Waals surface area contributed by atoms with Gasteiger partial charge in [0, 0.05) is 30.5 Å². The summed E-state index contributed by atoms with van der Waals surface area (Å²) in [6, 6.07) is 3.80. The zero-order valence-electron chi connectivity index (χ0n) is 11.7. The van der Waals surface area contributed by atoms with Gasteiger partial charge in [-0.3, -0.25) is 0 Å². The highest BCUT2D eigenvalue weighted by molar-refractivity contribution is 5.92. The molecule has 0 unspecified atom stereocenters. The van der Waals surface area contributed by atoms with Crippen molar-refractivity contribution in [2.24, 2.45) is 11.7 Å². The first-order valence-electron chi connectivity index (χ1n) is 6.58. The van der Waals surface area contributed by atoms with Gasteiger partial charge in [-0.05, 0) is 12.6 Å². The molecule has 0 bridgehead atoms. The molecule has 2 heterocycles. The van der Waals surface area contributed by atoms with E-state index in [2.05, 4.69) is 14.9 Å². The number of anilines is 1. The topological polar surface area (TPSA) is 73.5 Å². The molecule has 2 N–H and O–H groups in total. The van der Waals surface area contributed by atoms with Gasteiger partial charge in [0.1, 0.15) is 12.1 Å². The number of hydrogen-bond acceptors (Lipinski definition) is 6. The Balaban J connectivity index is 2.05. The minimum absolute atomic E-state index is 0.556. The van der Waals surface area contributed by atoms with Gasteiger partial charge in [-0.1, -0.05) is 0 Å². The summed E-state index contributed by atoms with van der Waals surface area (Å²) in [5.41, 5.74) is 6.53. The van der Waals surface area contributed by atoms with E-state index >= 15 is 0 Å². The molecule has 1 aliphatic rings. The number of nitrogens with zero attached hydrogens (tertiary/aromatic N) is 3. The lowest BCUT2D eigenvalue weighted by molar-refractivity contribution is 0.355. The van der Waals surface area contributed by atoms with E-state index in [4.69, 9.17) is 15.2 Å². The molecule has 2 aromatic rings. The van der Waals surface area contributed by atoms with E-state index < -0.39 is 0 Å². The molecule has 0 aliphatic carbocycles. The third kappa shape index (κ3) is 2.02. The van der Waals surface area contributed by atoms with Gasteiger partial charge in [0.25, 0.3) is 0 Å². The summed E-state index contributed by atoms with van der Waals surface area (Å²) >= 11 is 0. The minimum Gasteiger partial charge on any atom is -0.493 e. The quantitative estimate of drug-likeness (QED) is 0.898. The molecule has 3 rings (SSSR count). The number of rotatable bonds is 4. The summed E-state index contributed by atoms with van der Waals surface area (Å²) in [5, 5.41) is 0.973. The lowest BCUT2D eigenvalue weighted by Gasteiger charge is -2.40. The second kappa shape index (κ2) is 5.13. The monoisotopic (exact) mass is 274 g/mol. The Morgan fingerprint density at radius 3 is 2.55 bits per heavy atom. The Bertz CT molecular complexity index is 626. The molecule has 1 aromatic carbocycles. The molecule has 1 aromatic heterocycles. The average molecular weight is 274 g/mol. The van der Waals surface area contributed by atoms with Crippen LogP contribution >= 0.6 is 0 Å². The molecule has 6 heteroatoms. The molecule has 1 fully saturated rings. The number of ether oxygens (including phenoxy) is 2. The van der Waals surface area contributed by atoms with Gasteiger partial charge in [-0.15, -0.1) is 0 Å². The third-order valence-corrected chi connectivity index (χ3v) is 3.71. The van der Waals surface area contributed by atoms with Crippen molar-refractivity contribution in [3.8, 4) is 11.5 Å². The van der Waals surface area contributed by atoms with Crippen molar-refractivity contribution >= 4 is 16.7 Å². The second-order valence-electron chi connectivity index (χ2n) is 4.93. The highest BCUT2D eigenvalue weighted by atomic mass is 16.5. The van der Waals surface area contributed by atoms with E-state index in [1.807, 2.05) is 12.1 Å². The maximum atomic E-state index is 5.67. The lowest BCUT2D eigenvalue weighted by atomic mass is 10.00. The third-order valence-electron chi connectivity index (χ3n) is 3.71. The molecule has 0 atom stereocenters. The predicted molar refractivity (Wildman–Crippen MR) is 77.4 cm³/mol. The zero-order chi connectivity index (χ0) is 14.1. The Labute approximate surface area is 117 Å². The van der Waals surface area contributed by atoms with Crippen molar-refractivity contribution < 1.29 is 9.47 Å². The largest absolute Gasteiger partial charge is 0.493 e. The molecular weight excluding hydrogens is 256 g/mol. The number of aromatic nitrogens is 2. The summed E-state index contributed by atoms with van der Waals surface area (Å²) in [4.78, 5) is 10.9. The van der Waals surface area contributed by atoms with Crippen LogP contribution in [0.5, 0.6) is 11.5 Å². The molecule has 6 nitrogen and oxygen atoms in total. The Morgan fingerprint density at radius 2 is 1.90 bits per heavy atom. The van der Waals surface area contributed by atoms with E-state index in [-0.39, 0.29) is 0 Å². The fraction of sp³-hybridized carbons (Fsp3) is 0.429. The van der Waals surface area contributed by atoms with Gasteiger partial charge in [0.15, 0.2) is 11.5 Å². The number of fused-ring (bicyclic) bond motifs is 1. The van der Waals surface area contributed by atoms with Crippen molar-refractivity contribution in [3.63, 3.8) is 0 Å². The van der Waals surface area contributed by atoms with E-state index in [1.165, 1.54) is 0 Å². The summed E-state index contributed by atoms with van der Waals surface area (Å²) in [6.07, 6.45) is 1.58. The van der Waals surface area contributed by atoms with Crippen LogP contribution in [0.15, 0.2) is 18.5 Å². The molecular formula is C14H18N4O2. The van der Waals surface area contributed by atoms with Gasteiger partial charge in [0.05, 0.1) is 19.7 Å². The lowest BCUT2D eigenvalue weighted by Crippen LogP contribution is -2.50. The van der Waals surface area contributed by atoms with Gasteiger partial charge >= 0.3 is 0 Å². The van der Waals surface area contributed by atoms with E-state index in [0.29, 0.717) is 17.4 Å². The van der Waals surface area contributed by atoms with Crippen molar-refractivity contribution in [2.75, 3.05) is 38.8 Å². The van der Waals surface area contributed by atoms with Crippen LogP contribution in [0.3, 0.4) is 0 Å². The van der Waals surface area contributed by atoms with Crippen LogP contribution in [0, 0.1) is 5.92 Å². The van der Waals surface area contributed by atoms with Crippen LogP contribution < -0.4 is 20.1 Å². The highest BCUT2D eigenvalue weighted by Gasteiger charge is 2.28. The van der Waals surface area contributed by atoms with Gasteiger partial charge in [-0.2, -0.15) is 0 Å². The maximum absolute atomic E-state index is 5.67. The molecule has 0 amide bonds. The first-order valence-corrected chi connectivity index (χ1v) is 6.58. The highest BCUT2D eigenvalue weighted by Crippen LogP contribution is 2.36. The summed E-state index contributed by atoms with van der Waals surface area (Å²) < 4.78 is 10.7. The van der Waals surface area contributed by atoms with E-state index in [9.17, 15) is 0 Å². The van der Waals surface area contributed by atoms with Gasteiger partial charge in [-0.25, -0.2) is 9.97 Å². The van der Waals surface area contributed by atoms with Crippen molar-refractivity contribution in [3.05, 3.63) is 18.5 Å². The van der Waals surface area contributed by atoms with Crippen LogP contribution in [0.1, 0.15) is 0 Å². The van der Waals surface area contributed by atoms with Gasteiger partial charge in [0.2, 0.25) is 0 Å². The van der Waals surface area contributed by atoms with Crippen molar-refractivity contribution in [1.29, 1.82) is 0 Å². The average Bonchev–Trinajstić information content (AvgIpc) is 2.44. The summed E-state index contributed by atoms with van der Waals surface area (Å²) in [6.45, 7) is 2.60. The number of hydrogen-bond donors (Lipinski definition) is 1. The molecule has 0 spiro atoms. The molecule has 106 valence electrons. The van der Waals surface area contributed by atoms with E-state index in [0.717, 1.165) is 36.4 Å². The maximum Gasteiger partial charge on any atom is 0.162 e. The van der Waals surface area contributed by atoms with Crippen LogP contribution in [-0.4, -0.2) is 43.8 Å². The molecule has 0 saturated carbocycles.